The fraction of sp³-hybridized carbons (Fsp3) is 0.538. The summed E-state index contributed by atoms with van der Waals surface area (Å²) < 4.78 is 27.7. The Morgan fingerprint density at radius 3 is 2.39 bits per heavy atom. The Balaban J connectivity index is 2.61. The van der Waals surface area contributed by atoms with E-state index in [9.17, 15) is 8.42 Å². The molecule has 1 N–H and O–H groups in total. The molecular formula is C13H20BrNO2S. The zero-order valence-electron chi connectivity index (χ0n) is 10.8. The van der Waals surface area contributed by atoms with Gasteiger partial charge < -0.3 is 0 Å². The van der Waals surface area contributed by atoms with E-state index >= 15 is 0 Å². The average Bonchev–Trinajstić information content (AvgIpc) is 2.29. The summed E-state index contributed by atoms with van der Waals surface area (Å²) in [7, 11) is -3.38. The first-order valence-corrected chi connectivity index (χ1v) is 8.51. The molecule has 5 heteroatoms. The second-order valence-corrected chi connectivity index (χ2v) is 7.10. The van der Waals surface area contributed by atoms with Gasteiger partial charge in [-0.1, -0.05) is 42.1 Å². The molecule has 18 heavy (non-hydrogen) atoms. The van der Waals surface area contributed by atoms with Gasteiger partial charge in [0.2, 0.25) is 10.0 Å². The van der Waals surface area contributed by atoms with Crippen molar-refractivity contribution in [3.63, 3.8) is 0 Å². The molecule has 0 heterocycles. The molecule has 0 saturated carbocycles. The van der Waals surface area contributed by atoms with Gasteiger partial charge in [-0.05, 0) is 37.6 Å². The van der Waals surface area contributed by atoms with Crippen LogP contribution in [0.2, 0.25) is 0 Å². The lowest BCUT2D eigenvalue weighted by molar-refractivity contribution is 0.527. The van der Waals surface area contributed by atoms with Crippen molar-refractivity contribution in [2.75, 3.05) is 0 Å². The van der Waals surface area contributed by atoms with Gasteiger partial charge in [0.1, 0.15) is 0 Å². The largest absolute Gasteiger partial charge is 0.240 e. The molecular weight excluding hydrogens is 314 g/mol. The van der Waals surface area contributed by atoms with E-state index in [0.29, 0.717) is 4.90 Å². The number of sulfonamides is 1. The molecule has 3 nitrogen and oxygen atoms in total. The number of hydrogen-bond donors (Lipinski definition) is 1. The van der Waals surface area contributed by atoms with Crippen LogP contribution in [-0.4, -0.2) is 14.5 Å². The van der Waals surface area contributed by atoms with Crippen molar-refractivity contribution in [1.29, 1.82) is 0 Å². The molecule has 1 atom stereocenters. The summed E-state index contributed by atoms with van der Waals surface area (Å²) in [5, 5.41) is 0. The highest BCUT2D eigenvalue weighted by molar-refractivity contribution is 9.10. The second-order valence-electron chi connectivity index (χ2n) is 4.47. The smallest absolute Gasteiger partial charge is 0.208 e. The van der Waals surface area contributed by atoms with Crippen LogP contribution in [-0.2, 0) is 10.0 Å². The van der Waals surface area contributed by atoms with E-state index in [-0.39, 0.29) is 6.04 Å². The lowest BCUT2D eigenvalue weighted by atomic mass is 10.1. The van der Waals surface area contributed by atoms with E-state index in [1.807, 2.05) is 6.92 Å². The van der Waals surface area contributed by atoms with Gasteiger partial charge in [-0.25, -0.2) is 13.1 Å². The molecule has 0 aliphatic heterocycles. The molecule has 102 valence electrons. The Morgan fingerprint density at radius 1 is 1.22 bits per heavy atom. The maximum absolute atomic E-state index is 12.1. The van der Waals surface area contributed by atoms with Crippen molar-refractivity contribution in [3.8, 4) is 0 Å². The fourth-order valence-corrected chi connectivity index (χ4v) is 3.25. The van der Waals surface area contributed by atoms with Crippen LogP contribution in [0, 0.1) is 0 Å². The van der Waals surface area contributed by atoms with Gasteiger partial charge in [0.05, 0.1) is 4.90 Å². The molecule has 0 spiro atoms. The zero-order valence-corrected chi connectivity index (χ0v) is 13.2. The van der Waals surface area contributed by atoms with Gasteiger partial charge in [-0.3, -0.25) is 0 Å². The lowest BCUT2D eigenvalue weighted by Gasteiger charge is -2.14. The summed E-state index contributed by atoms with van der Waals surface area (Å²) in [6, 6.07) is 6.65. The molecule has 1 rings (SSSR count). The van der Waals surface area contributed by atoms with Gasteiger partial charge in [-0.15, -0.1) is 0 Å². The molecule has 0 radical (unpaired) electrons. The van der Waals surface area contributed by atoms with Gasteiger partial charge >= 0.3 is 0 Å². The minimum absolute atomic E-state index is 0.0230. The van der Waals surface area contributed by atoms with Crippen LogP contribution in [0.1, 0.15) is 39.5 Å². The maximum Gasteiger partial charge on any atom is 0.240 e. The van der Waals surface area contributed by atoms with Crippen LogP contribution < -0.4 is 4.72 Å². The van der Waals surface area contributed by atoms with Crippen molar-refractivity contribution in [3.05, 3.63) is 28.7 Å². The van der Waals surface area contributed by atoms with Crippen molar-refractivity contribution in [2.24, 2.45) is 0 Å². The van der Waals surface area contributed by atoms with Crippen LogP contribution in [0.4, 0.5) is 0 Å². The van der Waals surface area contributed by atoms with Crippen molar-refractivity contribution < 1.29 is 8.42 Å². The van der Waals surface area contributed by atoms with E-state index in [2.05, 4.69) is 27.6 Å². The normalized spacial score (nSPS) is 13.5. The maximum atomic E-state index is 12.1. The monoisotopic (exact) mass is 333 g/mol. The molecule has 0 aliphatic rings. The topological polar surface area (TPSA) is 46.2 Å². The van der Waals surface area contributed by atoms with E-state index in [0.717, 1.165) is 30.2 Å². The molecule has 0 bridgehead atoms. The van der Waals surface area contributed by atoms with Crippen LogP contribution >= 0.6 is 15.9 Å². The van der Waals surface area contributed by atoms with E-state index in [1.54, 1.807) is 24.3 Å². The highest BCUT2D eigenvalue weighted by Crippen LogP contribution is 2.15. The van der Waals surface area contributed by atoms with Crippen LogP contribution in [0.5, 0.6) is 0 Å². The molecule has 1 aromatic rings. The molecule has 0 aromatic heterocycles. The molecule has 0 fully saturated rings. The van der Waals surface area contributed by atoms with Gasteiger partial charge in [0.25, 0.3) is 0 Å². The number of benzene rings is 1. The zero-order chi connectivity index (χ0) is 13.6. The Labute approximate surface area is 118 Å². The quantitative estimate of drug-likeness (QED) is 0.773. The predicted molar refractivity (Wildman–Crippen MR) is 78.1 cm³/mol. The standard InChI is InChI=1S/C13H20BrNO2S/c1-3-4-5-6-11(2)15-18(16,17)13-9-7-12(14)8-10-13/h7-11,15H,3-6H2,1-2H3. The molecule has 0 aliphatic carbocycles. The first-order chi connectivity index (χ1) is 8.45. The molecule has 0 amide bonds. The highest BCUT2D eigenvalue weighted by Gasteiger charge is 2.16. The summed E-state index contributed by atoms with van der Waals surface area (Å²) >= 11 is 3.29. The minimum atomic E-state index is -3.38. The van der Waals surface area contributed by atoms with Crippen LogP contribution in [0.15, 0.2) is 33.6 Å². The van der Waals surface area contributed by atoms with E-state index < -0.39 is 10.0 Å². The van der Waals surface area contributed by atoms with Gasteiger partial charge in [0, 0.05) is 10.5 Å². The molecule has 1 unspecified atom stereocenters. The van der Waals surface area contributed by atoms with Crippen molar-refractivity contribution in [2.45, 2.75) is 50.5 Å². The number of unbranched alkanes of at least 4 members (excludes halogenated alkanes) is 2. The summed E-state index contributed by atoms with van der Waals surface area (Å²) in [5.74, 6) is 0. The third-order valence-electron chi connectivity index (χ3n) is 2.72. The number of nitrogens with one attached hydrogen (secondary N) is 1. The number of hydrogen-bond acceptors (Lipinski definition) is 2. The Kier molecular flexibility index (Phi) is 6.32. The summed E-state index contributed by atoms with van der Waals surface area (Å²) in [5.41, 5.74) is 0. The minimum Gasteiger partial charge on any atom is -0.208 e. The highest BCUT2D eigenvalue weighted by atomic mass is 79.9. The Bertz CT molecular complexity index is 456. The summed E-state index contributed by atoms with van der Waals surface area (Å²) in [4.78, 5) is 0.313. The first kappa shape index (κ1) is 15.7. The number of halogens is 1. The Morgan fingerprint density at radius 2 is 1.83 bits per heavy atom. The van der Waals surface area contributed by atoms with Gasteiger partial charge in [0.15, 0.2) is 0 Å². The van der Waals surface area contributed by atoms with E-state index in [1.165, 1.54) is 0 Å². The average molecular weight is 334 g/mol. The van der Waals surface area contributed by atoms with Crippen molar-refractivity contribution >= 4 is 26.0 Å². The predicted octanol–water partition coefficient (Wildman–Crippen LogP) is 3.70. The first-order valence-electron chi connectivity index (χ1n) is 6.23. The van der Waals surface area contributed by atoms with Crippen LogP contribution in [0.25, 0.3) is 0 Å². The second kappa shape index (κ2) is 7.26. The third-order valence-corrected chi connectivity index (χ3v) is 4.86. The van der Waals surface area contributed by atoms with Crippen molar-refractivity contribution in [1.82, 2.24) is 4.72 Å². The molecule has 0 saturated heterocycles. The Hall–Kier alpha value is -0.390. The lowest BCUT2D eigenvalue weighted by Crippen LogP contribution is -2.32. The molecule has 1 aromatic carbocycles. The summed E-state index contributed by atoms with van der Waals surface area (Å²) in [6.45, 7) is 4.04. The van der Waals surface area contributed by atoms with E-state index in [4.69, 9.17) is 0 Å². The third kappa shape index (κ3) is 5.08. The fourth-order valence-electron chi connectivity index (χ4n) is 1.71. The van der Waals surface area contributed by atoms with Crippen LogP contribution in [0.3, 0.4) is 0 Å². The SMILES string of the molecule is CCCCCC(C)NS(=O)(=O)c1ccc(Br)cc1. The summed E-state index contributed by atoms with van der Waals surface area (Å²) in [6.07, 6.45) is 4.22. The number of rotatable bonds is 7. The van der Waals surface area contributed by atoms with Gasteiger partial charge in [-0.2, -0.15) is 0 Å².